The number of aliphatic hydroxyl groups is 1. The minimum atomic E-state index is -5.89. The third kappa shape index (κ3) is 2.74. The van der Waals surface area contributed by atoms with Gasteiger partial charge >= 0.3 is 18.0 Å². The number of fused-ring (bicyclic) bond motifs is 1. The predicted octanol–water partition coefficient (Wildman–Crippen LogP) is 1.32. The molecule has 1 saturated carbocycles. The molecule has 2 aromatic rings. The van der Waals surface area contributed by atoms with E-state index in [2.05, 4.69) is 4.98 Å². The van der Waals surface area contributed by atoms with E-state index in [0.29, 0.717) is 0 Å². The van der Waals surface area contributed by atoms with Crippen LogP contribution < -0.4 is 11.2 Å². The summed E-state index contributed by atoms with van der Waals surface area (Å²) in [5, 5.41) is 9.40. The first-order valence-electron chi connectivity index (χ1n) is 8.16. The van der Waals surface area contributed by atoms with E-state index in [4.69, 9.17) is 0 Å². The zero-order valence-corrected chi connectivity index (χ0v) is 14.7. The molecule has 0 bridgehead atoms. The topological polar surface area (TPSA) is 82.1 Å². The number of hydrogen-bond acceptors (Lipinski definition) is 4. The summed E-state index contributed by atoms with van der Waals surface area (Å²) in [6, 6.07) is 0. The lowest BCUT2D eigenvalue weighted by molar-refractivity contribution is -0.393. The highest BCUT2D eigenvalue weighted by Crippen LogP contribution is 2.55. The molecule has 1 aliphatic carbocycles. The second kappa shape index (κ2) is 6.09. The Morgan fingerprint density at radius 1 is 1.11 bits per heavy atom. The summed E-state index contributed by atoms with van der Waals surface area (Å²) in [5.41, 5.74) is -6.13. The molecule has 1 N–H and O–H groups in total. The Morgan fingerprint density at radius 3 is 2.14 bits per heavy atom. The first-order valence-corrected chi connectivity index (χ1v) is 8.16. The van der Waals surface area contributed by atoms with Gasteiger partial charge in [-0.15, -0.1) is 0 Å². The number of nitrogens with zero attached hydrogens (tertiary/aromatic N) is 4. The molecule has 0 spiro atoms. The van der Waals surface area contributed by atoms with Gasteiger partial charge in [-0.2, -0.15) is 26.3 Å². The zero-order valence-electron chi connectivity index (χ0n) is 14.7. The highest BCUT2D eigenvalue weighted by atomic mass is 19.4. The van der Waals surface area contributed by atoms with Crippen molar-refractivity contribution in [3.63, 3.8) is 0 Å². The molecule has 1 fully saturated rings. The average molecular weight is 414 g/mol. The van der Waals surface area contributed by atoms with Crippen LogP contribution in [0.3, 0.4) is 0 Å². The lowest BCUT2D eigenvalue weighted by Gasteiger charge is -2.46. The van der Waals surface area contributed by atoms with Gasteiger partial charge in [0, 0.05) is 26.6 Å². The van der Waals surface area contributed by atoms with Crippen molar-refractivity contribution >= 4 is 11.2 Å². The van der Waals surface area contributed by atoms with E-state index < -0.39 is 53.9 Å². The van der Waals surface area contributed by atoms with Gasteiger partial charge < -0.3 is 9.67 Å². The van der Waals surface area contributed by atoms with Crippen LogP contribution >= 0.6 is 0 Å². The van der Waals surface area contributed by atoms with E-state index in [-0.39, 0.29) is 17.7 Å². The number of aryl methyl sites for hydroxylation is 2. The lowest BCUT2D eigenvalue weighted by atomic mass is 9.65. The monoisotopic (exact) mass is 414 g/mol. The Morgan fingerprint density at radius 2 is 1.64 bits per heavy atom. The average Bonchev–Trinajstić information content (AvgIpc) is 2.90. The van der Waals surface area contributed by atoms with Gasteiger partial charge in [0.1, 0.15) is 0 Å². The maximum atomic E-state index is 12.9. The van der Waals surface area contributed by atoms with Crippen LogP contribution in [0.25, 0.3) is 11.2 Å². The number of halogens is 6. The highest BCUT2D eigenvalue weighted by molar-refractivity contribution is 5.69. The molecule has 156 valence electrons. The van der Waals surface area contributed by atoms with Gasteiger partial charge in [0.05, 0.1) is 6.33 Å². The van der Waals surface area contributed by atoms with Crippen LogP contribution in [0.15, 0.2) is 15.9 Å². The number of imidazole rings is 1. The molecule has 2 aromatic heterocycles. The maximum Gasteiger partial charge on any atom is 0.426 e. The van der Waals surface area contributed by atoms with Crippen LogP contribution in [-0.4, -0.2) is 41.7 Å². The molecule has 0 unspecified atom stereocenters. The molecule has 13 heteroatoms. The van der Waals surface area contributed by atoms with Gasteiger partial charge in [-0.3, -0.25) is 13.9 Å². The zero-order chi connectivity index (χ0) is 21.2. The van der Waals surface area contributed by atoms with Crippen molar-refractivity contribution in [3.05, 3.63) is 27.2 Å². The summed E-state index contributed by atoms with van der Waals surface area (Å²) in [6.45, 7) is -0.352. The van der Waals surface area contributed by atoms with Gasteiger partial charge in [0.2, 0.25) is 0 Å². The molecule has 0 radical (unpaired) electrons. The predicted molar refractivity (Wildman–Crippen MR) is 83.5 cm³/mol. The Hall–Kier alpha value is -2.31. The highest BCUT2D eigenvalue weighted by Gasteiger charge is 2.75. The fourth-order valence-corrected chi connectivity index (χ4v) is 3.66. The largest absolute Gasteiger partial charge is 0.426 e. The van der Waals surface area contributed by atoms with Crippen LogP contribution in [0.4, 0.5) is 26.3 Å². The summed E-state index contributed by atoms with van der Waals surface area (Å²) in [6.07, 6.45) is -11.7. The molecule has 0 amide bonds. The number of rotatable bonds is 3. The molecular formula is C15H16F6N4O3. The van der Waals surface area contributed by atoms with Crippen molar-refractivity contribution in [3.8, 4) is 0 Å². The first kappa shape index (κ1) is 20.4. The van der Waals surface area contributed by atoms with Gasteiger partial charge in [0.25, 0.3) is 11.2 Å². The molecule has 0 aromatic carbocycles. The minimum absolute atomic E-state index is 0.0834. The van der Waals surface area contributed by atoms with Crippen LogP contribution in [0, 0.1) is 11.8 Å². The van der Waals surface area contributed by atoms with Gasteiger partial charge in [0.15, 0.2) is 11.2 Å². The molecule has 1 aliphatic rings. The van der Waals surface area contributed by atoms with E-state index in [1.807, 2.05) is 0 Å². The normalized spacial score (nSPS) is 21.2. The molecule has 0 saturated heterocycles. The van der Waals surface area contributed by atoms with Gasteiger partial charge in [-0.05, 0) is 18.8 Å². The molecule has 7 nitrogen and oxygen atoms in total. The fourth-order valence-electron chi connectivity index (χ4n) is 3.66. The number of hydrogen-bond donors (Lipinski definition) is 1. The lowest BCUT2D eigenvalue weighted by Crippen LogP contribution is -2.64. The van der Waals surface area contributed by atoms with Crippen molar-refractivity contribution < 1.29 is 31.4 Å². The number of alkyl halides is 6. The Kier molecular flexibility index (Phi) is 4.44. The van der Waals surface area contributed by atoms with Crippen LogP contribution in [0.2, 0.25) is 0 Å². The summed E-state index contributed by atoms with van der Waals surface area (Å²) in [5.74, 6) is -2.89. The maximum absolute atomic E-state index is 12.9. The molecule has 0 atom stereocenters. The van der Waals surface area contributed by atoms with Crippen LogP contribution in [-0.2, 0) is 20.6 Å². The van der Waals surface area contributed by atoms with Gasteiger partial charge in [-0.25, -0.2) is 9.78 Å². The van der Waals surface area contributed by atoms with Crippen molar-refractivity contribution in [2.45, 2.75) is 37.3 Å². The first-order chi connectivity index (χ1) is 12.7. The van der Waals surface area contributed by atoms with Gasteiger partial charge in [-0.1, -0.05) is 0 Å². The van der Waals surface area contributed by atoms with Crippen molar-refractivity contribution in [1.82, 2.24) is 18.7 Å². The Bertz CT molecular complexity index is 1010. The van der Waals surface area contributed by atoms with Crippen molar-refractivity contribution in [2.75, 3.05) is 0 Å². The second-order valence-electron chi connectivity index (χ2n) is 7.08. The molecule has 3 rings (SSSR count). The third-order valence-electron chi connectivity index (χ3n) is 5.33. The van der Waals surface area contributed by atoms with Crippen LogP contribution in [0.1, 0.15) is 12.8 Å². The van der Waals surface area contributed by atoms with Crippen molar-refractivity contribution in [2.24, 2.45) is 25.9 Å². The Balaban J connectivity index is 1.88. The molecule has 0 aliphatic heterocycles. The minimum Gasteiger partial charge on any atom is -0.373 e. The van der Waals surface area contributed by atoms with E-state index in [0.717, 1.165) is 9.13 Å². The van der Waals surface area contributed by atoms with E-state index >= 15 is 0 Å². The second-order valence-corrected chi connectivity index (χ2v) is 7.08. The quantitative estimate of drug-likeness (QED) is 0.769. The summed E-state index contributed by atoms with van der Waals surface area (Å²) in [4.78, 5) is 28.8. The SMILES string of the molecule is Cn1cnc2c1c(=O)n(C[C@H]1C[C@@H](C(O)(C(F)(F)F)C(F)(F)F)C1)c(=O)n2C. The van der Waals surface area contributed by atoms with E-state index in [9.17, 15) is 41.0 Å². The number of aromatic nitrogens is 4. The Labute approximate surface area is 152 Å². The molecule has 2 heterocycles. The van der Waals surface area contributed by atoms with E-state index in [1.165, 1.54) is 25.0 Å². The third-order valence-corrected chi connectivity index (χ3v) is 5.33. The molecule has 28 heavy (non-hydrogen) atoms. The van der Waals surface area contributed by atoms with E-state index in [1.54, 1.807) is 0 Å². The smallest absolute Gasteiger partial charge is 0.373 e. The van der Waals surface area contributed by atoms with Crippen LogP contribution in [0.5, 0.6) is 0 Å². The summed E-state index contributed by atoms with van der Waals surface area (Å²) < 4.78 is 80.6. The molecular weight excluding hydrogens is 398 g/mol. The standard InChI is InChI=1S/C15H16F6N4O3/c1-23-6-22-10-9(23)11(26)25(12(27)24(10)2)5-7-3-8(4-7)13(28,14(16,17)18)15(19,20)21/h6-8,28H,3-5H2,1-2H3/t7-,8+. The summed E-state index contributed by atoms with van der Waals surface area (Å²) in [7, 11) is 2.86. The fraction of sp³-hybridized carbons (Fsp3) is 0.667. The van der Waals surface area contributed by atoms with Crippen molar-refractivity contribution in [1.29, 1.82) is 0 Å². The summed E-state index contributed by atoms with van der Waals surface area (Å²) >= 11 is 0.